The highest BCUT2D eigenvalue weighted by Crippen LogP contribution is 2.40. The lowest BCUT2D eigenvalue weighted by molar-refractivity contribution is -0.136. The second-order valence-electron chi connectivity index (χ2n) is 6.73. The highest BCUT2D eigenvalue weighted by atomic mass is 32.1. The van der Waals surface area contributed by atoms with E-state index in [1.165, 1.54) is 0 Å². The Bertz CT molecular complexity index is 892. The van der Waals surface area contributed by atoms with Crippen molar-refractivity contribution in [2.75, 3.05) is 5.32 Å². The Morgan fingerprint density at radius 3 is 2.63 bits per heavy atom. The third-order valence-corrected chi connectivity index (χ3v) is 5.26. The van der Waals surface area contributed by atoms with Crippen molar-refractivity contribution in [2.24, 2.45) is 0 Å². The highest BCUT2D eigenvalue weighted by Gasteiger charge is 2.34. The van der Waals surface area contributed by atoms with Crippen LogP contribution in [-0.2, 0) is 33.9 Å². The maximum Gasteiger partial charge on any atom is 0.339 e. The van der Waals surface area contributed by atoms with Gasteiger partial charge in [0.1, 0.15) is 5.00 Å². The van der Waals surface area contributed by atoms with Crippen molar-refractivity contribution in [3.05, 3.63) is 46.1 Å². The number of carboxylic acids is 1. The molecule has 1 aliphatic heterocycles. The average Bonchev–Trinajstić information content (AvgIpc) is 2.96. The van der Waals surface area contributed by atoms with Crippen molar-refractivity contribution in [1.82, 2.24) is 10.3 Å². The van der Waals surface area contributed by atoms with Crippen LogP contribution in [0.4, 0.5) is 5.00 Å². The van der Waals surface area contributed by atoms with Gasteiger partial charge in [0, 0.05) is 30.2 Å². The van der Waals surface area contributed by atoms with Crippen molar-refractivity contribution >= 4 is 34.1 Å². The van der Waals surface area contributed by atoms with Gasteiger partial charge < -0.3 is 20.5 Å². The normalized spacial score (nSPS) is 14.9. The summed E-state index contributed by atoms with van der Waals surface area (Å²) in [5, 5.41) is 14.7. The van der Waals surface area contributed by atoms with E-state index >= 15 is 0 Å². The van der Waals surface area contributed by atoms with Gasteiger partial charge in [0.25, 0.3) is 0 Å². The molecule has 2 amide bonds. The summed E-state index contributed by atoms with van der Waals surface area (Å²) in [4.78, 5) is 40.6. The van der Waals surface area contributed by atoms with Gasteiger partial charge >= 0.3 is 17.8 Å². The predicted octanol–water partition coefficient (Wildman–Crippen LogP) is 1.95. The number of pyridine rings is 1. The fourth-order valence-corrected chi connectivity index (χ4v) is 3.91. The minimum absolute atomic E-state index is 0.0293. The van der Waals surface area contributed by atoms with E-state index in [1.54, 1.807) is 24.5 Å². The first-order chi connectivity index (χ1) is 12.8. The van der Waals surface area contributed by atoms with Gasteiger partial charge in [-0.25, -0.2) is 4.79 Å². The summed E-state index contributed by atoms with van der Waals surface area (Å²) in [5.41, 5.74) is 0.989. The predicted molar refractivity (Wildman–Crippen MR) is 98.6 cm³/mol. The summed E-state index contributed by atoms with van der Waals surface area (Å²) in [5.74, 6) is -2.89. The Morgan fingerprint density at radius 2 is 1.96 bits per heavy atom. The molecule has 142 valence electrons. The van der Waals surface area contributed by atoms with Gasteiger partial charge in [-0.15, -0.1) is 11.3 Å². The first-order valence-corrected chi connectivity index (χ1v) is 9.08. The van der Waals surface area contributed by atoms with E-state index in [1.807, 2.05) is 13.8 Å². The molecule has 1 aliphatic rings. The molecule has 3 heterocycles. The molecule has 2 aromatic heterocycles. The Balaban J connectivity index is 1.73. The molecule has 0 fully saturated rings. The average molecular weight is 389 g/mol. The molecule has 0 spiro atoms. The number of thiophene rings is 1. The monoisotopic (exact) mass is 389 g/mol. The topological polar surface area (TPSA) is 118 Å². The fourth-order valence-electron chi connectivity index (χ4n) is 2.79. The highest BCUT2D eigenvalue weighted by molar-refractivity contribution is 7.17. The second kappa shape index (κ2) is 7.45. The summed E-state index contributed by atoms with van der Waals surface area (Å²) < 4.78 is 5.70. The Kier molecular flexibility index (Phi) is 5.24. The number of amides is 2. The van der Waals surface area contributed by atoms with E-state index in [0.717, 1.165) is 21.8 Å². The SMILES string of the molecule is CC1(C)Cc2c(sc(NC(=O)C(=O)NCc3ccncc3)c2C(=O)O)CO1. The smallest absolute Gasteiger partial charge is 0.339 e. The number of aromatic nitrogens is 1. The molecule has 2 aromatic rings. The van der Waals surface area contributed by atoms with E-state index in [0.29, 0.717) is 12.0 Å². The van der Waals surface area contributed by atoms with Gasteiger partial charge in [0.2, 0.25) is 0 Å². The first kappa shape index (κ1) is 19.0. The number of nitrogens with one attached hydrogen (secondary N) is 2. The summed E-state index contributed by atoms with van der Waals surface area (Å²) in [6.45, 7) is 4.20. The number of anilines is 1. The summed E-state index contributed by atoms with van der Waals surface area (Å²) in [6, 6.07) is 3.44. The third kappa shape index (κ3) is 4.32. The molecule has 0 saturated carbocycles. The number of carbonyl (C=O) groups excluding carboxylic acids is 2. The van der Waals surface area contributed by atoms with Gasteiger partial charge in [-0.05, 0) is 37.1 Å². The van der Waals surface area contributed by atoms with Gasteiger partial charge in [0.05, 0.1) is 17.8 Å². The molecule has 9 heteroatoms. The molecule has 0 radical (unpaired) electrons. The van der Waals surface area contributed by atoms with Gasteiger partial charge in [-0.2, -0.15) is 0 Å². The molecule has 0 saturated heterocycles. The minimum Gasteiger partial charge on any atom is -0.478 e. The lowest BCUT2D eigenvalue weighted by atomic mass is 9.93. The van der Waals surface area contributed by atoms with Gasteiger partial charge in [-0.1, -0.05) is 0 Å². The zero-order valence-electron chi connectivity index (χ0n) is 14.9. The molecule has 0 bridgehead atoms. The molecule has 0 atom stereocenters. The fraction of sp³-hybridized carbons (Fsp3) is 0.333. The number of hydrogen-bond acceptors (Lipinski definition) is 6. The molecule has 3 rings (SSSR count). The number of carbonyl (C=O) groups is 3. The summed E-state index contributed by atoms with van der Waals surface area (Å²) in [6.07, 6.45) is 3.59. The molecule has 8 nitrogen and oxygen atoms in total. The molecule has 27 heavy (non-hydrogen) atoms. The zero-order valence-corrected chi connectivity index (χ0v) is 15.7. The number of nitrogens with zero attached hydrogens (tertiary/aromatic N) is 1. The molecular weight excluding hydrogens is 370 g/mol. The third-order valence-electron chi connectivity index (χ3n) is 4.14. The maximum absolute atomic E-state index is 12.2. The Morgan fingerprint density at radius 1 is 1.26 bits per heavy atom. The van der Waals surface area contributed by atoms with E-state index in [9.17, 15) is 19.5 Å². The van der Waals surface area contributed by atoms with Crippen LogP contribution in [-0.4, -0.2) is 33.5 Å². The quantitative estimate of drug-likeness (QED) is 0.688. The van der Waals surface area contributed by atoms with Crippen LogP contribution in [0.15, 0.2) is 24.5 Å². The number of aromatic carboxylic acids is 1. The molecular formula is C18H19N3O5S. The van der Waals surface area contributed by atoms with Crippen molar-refractivity contribution in [3.8, 4) is 0 Å². The van der Waals surface area contributed by atoms with Crippen LogP contribution in [0.2, 0.25) is 0 Å². The first-order valence-electron chi connectivity index (χ1n) is 8.27. The van der Waals surface area contributed by atoms with E-state index in [4.69, 9.17) is 4.74 Å². The van der Waals surface area contributed by atoms with Gasteiger partial charge in [-0.3, -0.25) is 14.6 Å². The van der Waals surface area contributed by atoms with Crippen molar-refractivity contribution in [1.29, 1.82) is 0 Å². The van der Waals surface area contributed by atoms with E-state index < -0.39 is 23.4 Å². The molecule has 0 unspecified atom stereocenters. The van der Waals surface area contributed by atoms with Crippen LogP contribution >= 0.6 is 11.3 Å². The summed E-state index contributed by atoms with van der Waals surface area (Å²) >= 11 is 1.13. The molecule has 0 aliphatic carbocycles. The van der Waals surface area contributed by atoms with E-state index in [-0.39, 0.29) is 23.7 Å². The van der Waals surface area contributed by atoms with Gasteiger partial charge in [0.15, 0.2) is 0 Å². The second-order valence-corrected chi connectivity index (χ2v) is 7.84. The van der Waals surface area contributed by atoms with Crippen molar-refractivity contribution < 1.29 is 24.2 Å². The Labute approximate surface area is 159 Å². The van der Waals surface area contributed by atoms with Crippen LogP contribution in [0.3, 0.4) is 0 Å². The molecule has 3 N–H and O–H groups in total. The van der Waals surface area contributed by atoms with Crippen LogP contribution in [0.25, 0.3) is 0 Å². The lowest BCUT2D eigenvalue weighted by Gasteiger charge is -2.30. The largest absolute Gasteiger partial charge is 0.478 e. The number of hydrogen-bond donors (Lipinski definition) is 3. The van der Waals surface area contributed by atoms with Crippen molar-refractivity contribution in [3.63, 3.8) is 0 Å². The number of carboxylic acid groups (broad SMARTS) is 1. The molecule has 0 aromatic carbocycles. The van der Waals surface area contributed by atoms with Crippen LogP contribution in [0, 0.1) is 0 Å². The van der Waals surface area contributed by atoms with Crippen LogP contribution < -0.4 is 10.6 Å². The zero-order chi connectivity index (χ0) is 19.6. The van der Waals surface area contributed by atoms with Crippen LogP contribution in [0.1, 0.15) is 40.2 Å². The van der Waals surface area contributed by atoms with E-state index in [2.05, 4.69) is 15.6 Å². The number of fused-ring (bicyclic) bond motifs is 1. The van der Waals surface area contributed by atoms with Crippen LogP contribution in [0.5, 0.6) is 0 Å². The number of ether oxygens (including phenoxy) is 1. The maximum atomic E-state index is 12.2. The Hall–Kier alpha value is -2.78. The summed E-state index contributed by atoms with van der Waals surface area (Å²) in [7, 11) is 0. The standard InChI is InChI=1S/C18H19N3O5S/c1-18(2)7-11-12(9-26-18)27-16(13(11)17(24)25)21-15(23)14(22)20-8-10-3-5-19-6-4-10/h3-6H,7-9H2,1-2H3,(H,20,22)(H,21,23)(H,24,25). The minimum atomic E-state index is -1.14. The lowest BCUT2D eigenvalue weighted by Crippen LogP contribution is -2.35. The van der Waals surface area contributed by atoms with Crippen molar-refractivity contribution in [2.45, 2.75) is 39.0 Å². The number of rotatable bonds is 4.